The summed E-state index contributed by atoms with van der Waals surface area (Å²) in [6.45, 7) is 1.30. The van der Waals surface area contributed by atoms with Crippen LogP contribution < -0.4 is 9.47 Å². The molecule has 29 heavy (non-hydrogen) atoms. The fourth-order valence-electron chi connectivity index (χ4n) is 3.71. The molecule has 1 heterocycles. The molecule has 8 heteroatoms. The molecule has 2 aromatic rings. The maximum atomic E-state index is 12.1. The number of nitro benzene ring substituents is 1. The molecule has 0 amide bonds. The summed E-state index contributed by atoms with van der Waals surface area (Å²) in [5.41, 5.74) is 3.10. The van der Waals surface area contributed by atoms with Gasteiger partial charge < -0.3 is 14.2 Å². The number of rotatable bonds is 7. The molecule has 0 aliphatic carbocycles. The summed E-state index contributed by atoms with van der Waals surface area (Å²) in [6, 6.07) is 10.2. The quantitative estimate of drug-likeness (QED) is 0.400. The molecule has 0 N–H and O–H groups in total. The Labute approximate surface area is 169 Å². The summed E-state index contributed by atoms with van der Waals surface area (Å²) >= 11 is 0. The van der Waals surface area contributed by atoms with Crippen molar-refractivity contribution in [3.05, 3.63) is 63.2 Å². The third kappa shape index (κ3) is 4.48. The van der Waals surface area contributed by atoms with Gasteiger partial charge in [0.05, 0.1) is 32.7 Å². The van der Waals surface area contributed by atoms with Crippen molar-refractivity contribution in [2.24, 2.45) is 0 Å². The van der Waals surface area contributed by atoms with Gasteiger partial charge in [-0.3, -0.25) is 19.8 Å². The fraction of sp³-hybridized carbons (Fsp3) is 0.381. The van der Waals surface area contributed by atoms with Crippen molar-refractivity contribution in [3.8, 4) is 11.5 Å². The highest BCUT2D eigenvalue weighted by Gasteiger charge is 2.31. The smallest absolute Gasteiger partial charge is 0.307 e. The Hall–Kier alpha value is -3.13. The molecule has 2 aromatic carbocycles. The van der Waals surface area contributed by atoms with Gasteiger partial charge in [-0.1, -0.05) is 12.1 Å². The van der Waals surface area contributed by atoms with Gasteiger partial charge in [-0.05, 0) is 35.2 Å². The normalized spacial score (nSPS) is 16.0. The molecule has 0 bridgehead atoms. The molecule has 1 aliphatic heterocycles. The maximum absolute atomic E-state index is 12.1. The topological polar surface area (TPSA) is 91.1 Å². The number of hydrogen-bond acceptors (Lipinski definition) is 7. The maximum Gasteiger partial charge on any atom is 0.307 e. The predicted octanol–water partition coefficient (Wildman–Crippen LogP) is 3.27. The number of fused-ring (bicyclic) bond motifs is 1. The Balaban J connectivity index is 1.93. The average molecular weight is 400 g/mol. The number of ether oxygens (including phenoxy) is 3. The largest absolute Gasteiger partial charge is 0.493 e. The summed E-state index contributed by atoms with van der Waals surface area (Å²) < 4.78 is 15.8. The van der Waals surface area contributed by atoms with Gasteiger partial charge in [-0.15, -0.1) is 0 Å². The van der Waals surface area contributed by atoms with E-state index in [0.29, 0.717) is 18.0 Å². The fourth-order valence-corrected chi connectivity index (χ4v) is 3.71. The summed E-state index contributed by atoms with van der Waals surface area (Å²) in [4.78, 5) is 24.8. The van der Waals surface area contributed by atoms with E-state index in [-0.39, 0.29) is 24.1 Å². The Morgan fingerprint density at radius 3 is 2.38 bits per heavy atom. The van der Waals surface area contributed by atoms with Crippen molar-refractivity contribution >= 4 is 11.7 Å². The van der Waals surface area contributed by atoms with Crippen LogP contribution in [0.3, 0.4) is 0 Å². The van der Waals surface area contributed by atoms with Crippen LogP contribution in [-0.4, -0.2) is 43.7 Å². The first-order chi connectivity index (χ1) is 14.0. The second kappa shape index (κ2) is 8.91. The lowest BCUT2D eigenvalue weighted by molar-refractivity contribution is -0.384. The molecule has 1 aliphatic rings. The number of hydrogen-bond donors (Lipinski definition) is 0. The average Bonchev–Trinajstić information content (AvgIpc) is 2.74. The molecule has 0 aromatic heterocycles. The van der Waals surface area contributed by atoms with E-state index in [1.807, 2.05) is 12.1 Å². The van der Waals surface area contributed by atoms with Crippen molar-refractivity contribution in [2.45, 2.75) is 25.4 Å². The van der Waals surface area contributed by atoms with Gasteiger partial charge in [0.25, 0.3) is 5.69 Å². The van der Waals surface area contributed by atoms with Crippen molar-refractivity contribution in [3.63, 3.8) is 0 Å². The monoisotopic (exact) mass is 400 g/mol. The highest BCUT2D eigenvalue weighted by molar-refractivity contribution is 5.70. The Kier molecular flexibility index (Phi) is 6.33. The number of nitrogens with zero attached hydrogens (tertiary/aromatic N) is 2. The van der Waals surface area contributed by atoms with Crippen LogP contribution in [0.4, 0.5) is 5.69 Å². The van der Waals surface area contributed by atoms with Crippen LogP contribution in [0.2, 0.25) is 0 Å². The second-order valence-electron chi connectivity index (χ2n) is 6.85. The highest BCUT2D eigenvalue weighted by Crippen LogP contribution is 2.40. The van der Waals surface area contributed by atoms with E-state index < -0.39 is 4.92 Å². The molecule has 0 radical (unpaired) electrons. The first-order valence-corrected chi connectivity index (χ1v) is 9.25. The Morgan fingerprint density at radius 2 is 1.79 bits per heavy atom. The first-order valence-electron chi connectivity index (χ1n) is 9.25. The van der Waals surface area contributed by atoms with Crippen molar-refractivity contribution in [1.29, 1.82) is 0 Å². The summed E-state index contributed by atoms with van der Waals surface area (Å²) in [5, 5.41) is 10.9. The van der Waals surface area contributed by atoms with E-state index in [1.165, 1.54) is 19.2 Å². The Bertz CT molecular complexity index is 897. The molecule has 0 fully saturated rings. The number of carbonyl (C=O) groups is 1. The minimum atomic E-state index is -0.416. The van der Waals surface area contributed by atoms with E-state index in [9.17, 15) is 14.9 Å². The minimum Gasteiger partial charge on any atom is -0.493 e. The number of esters is 1. The standard InChI is InChI=1S/C21H24N2O6/c1-27-19-10-15-8-9-22(13-14-4-6-16(7-5-14)23(25)26)18(12-21(24)29-3)17(15)11-20(19)28-2/h4-7,10-11,18H,8-9,12-13H2,1-3H3/t18-/m0/s1. The van der Waals surface area contributed by atoms with Crippen LogP contribution >= 0.6 is 0 Å². The van der Waals surface area contributed by atoms with E-state index in [0.717, 1.165) is 29.7 Å². The van der Waals surface area contributed by atoms with Crippen LogP contribution in [-0.2, 0) is 22.5 Å². The van der Waals surface area contributed by atoms with Crippen LogP contribution in [0.15, 0.2) is 36.4 Å². The van der Waals surface area contributed by atoms with Crippen LogP contribution in [0, 0.1) is 10.1 Å². The van der Waals surface area contributed by atoms with Gasteiger partial charge in [-0.2, -0.15) is 0 Å². The molecule has 0 spiro atoms. The van der Waals surface area contributed by atoms with Gasteiger partial charge in [0, 0.05) is 31.3 Å². The number of methoxy groups -OCH3 is 3. The molecule has 154 valence electrons. The van der Waals surface area contributed by atoms with Gasteiger partial charge >= 0.3 is 5.97 Å². The van der Waals surface area contributed by atoms with E-state index in [1.54, 1.807) is 26.4 Å². The molecule has 8 nitrogen and oxygen atoms in total. The minimum absolute atomic E-state index is 0.0562. The van der Waals surface area contributed by atoms with Gasteiger partial charge in [0.2, 0.25) is 0 Å². The number of non-ortho nitro benzene ring substituents is 1. The summed E-state index contributed by atoms with van der Waals surface area (Å²) in [6.07, 6.45) is 0.992. The van der Waals surface area contributed by atoms with Crippen LogP contribution in [0.5, 0.6) is 11.5 Å². The lowest BCUT2D eigenvalue weighted by Crippen LogP contribution is -2.36. The zero-order valence-corrected chi connectivity index (χ0v) is 16.7. The highest BCUT2D eigenvalue weighted by atomic mass is 16.6. The molecule has 3 rings (SSSR count). The third-order valence-electron chi connectivity index (χ3n) is 5.23. The summed E-state index contributed by atoms with van der Waals surface area (Å²) in [5.74, 6) is 0.969. The van der Waals surface area contributed by atoms with E-state index >= 15 is 0 Å². The number of carbonyl (C=O) groups excluding carboxylic acids is 1. The lowest BCUT2D eigenvalue weighted by Gasteiger charge is -2.37. The zero-order valence-electron chi connectivity index (χ0n) is 16.7. The molecule has 1 atom stereocenters. The predicted molar refractivity (Wildman–Crippen MR) is 106 cm³/mol. The van der Waals surface area contributed by atoms with Crippen molar-refractivity contribution < 1.29 is 23.9 Å². The Morgan fingerprint density at radius 1 is 1.14 bits per heavy atom. The van der Waals surface area contributed by atoms with E-state index in [4.69, 9.17) is 14.2 Å². The second-order valence-corrected chi connectivity index (χ2v) is 6.85. The first kappa shape index (κ1) is 20.6. The summed E-state index contributed by atoms with van der Waals surface area (Å²) in [7, 11) is 4.55. The number of nitro groups is 1. The lowest BCUT2D eigenvalue weighted by atomic mass is 9.89. The molecular weight excluding hydrogens is 376 g/mol. The van der Waals surface area contributed by atoms with E-state index in [2.05, 4.69) is 4.90 Å². The van der Waals surface area contributed by atoms with Gasteiger partial charge in [0.1, 0.15) is 0 Å². The SMILES string of the molecule is COC(=O)C[C@H]1c2cc(OC)c(OC)cc2CCN1Cc1ccc([N+](=O)[O-])cc1. The molecular formula is C21H24N2O6. The van der Waals surface area contributed by atoms with Crippen LogP contribution in [0.25, 0.3) is 0 Å². The van der Waals surface area contributed by atoms with Crippen LogP contribution in [0.1, 0.15) is 29.2 Å². The third-order valence-corrected chi connectivity index (χ3v) is 5.23. The van der Waals surface area contributed by atoms with Gasteiger partial charge in [0.15, 0.2) is 11.5 Å². The van der Waals surface area contributed by atoms with Gasteiger partial charge in [-0.25, -0.2) is 0 Å². The molecule has 0 saturated heterocycles. The molecule has 0 saturated carbocycles. The molecule has 0 unspecified atom stereocenters. The number of benzene rings is 2. The zero-order chi connectivity index (χ0) is 21.0. The van der Waals surface area contributed by atoms with Crippen molar-refractivity contribution in [2.75, 3.05) is 27.9 Å². The van der Waals surface area contributed by atoms with Crippen molar-refractivity contribution in [1.82, 2.24) is 4.90 Å².